The van der Waals surface area contributed by atoms with E-state index in [1.54, 1.807) is 6.07 Å². The minimum atomic E-state index is -1.21. The van der Waals surface area contributed by atoms with E-state index in [0.29, 0.717) is 0 Å². The monoisotopic (exact) mass is 206 g/mol. The first kappa shape index (κ1) is 13.4. The molecular formula is C9H8FNaO3. The zero-order valence-electron chi connectivity index (χ0n) is 7.83. The maximum Gasteiger partial charge on any atom is 1.00 e. The number of ether oxygens (including phenoxy) is 1. The van der Waals surface area contributed by atoms with E-state index in [0.717, 1.165) is 0 Å². The van der Waals surface area contributed by atoms with Gasteiger partial charge in [0.05, 0.1) is 6.61 Å². The van der Waals surface area contributed by atoms with Gasteiger partial charge in [0.25, 0.3) is 0 Å². The Morgan fingerprint density at radius 3 is 2.64 bits per heavy atom. The standard InChI is InChI=1S/C9H9FO3.Na/c10-7-3-1-2-4-8(7)13-6-5-9(11)12;/h1-4H,5-6H2,(H,11,12);/q;+1/p-1. The van der Waals surface area contributed by atoms with Crippen molar-refractivity contribution in [1.82, 2.24) is 0 Å². The van der Waals surface area contributed by atoms with Gasteiger partial charge in [-0.05, 0) is 12.1 Å². The first-order chi connectivity index (χ1) is 6.20. The molecule has 0 radical (unpaired) electrons. The van der Waals surface area contributed by atoms with E-state index < -0.39 is 11.8 Å². The Morgan fingerprint density at radius 1 is 1.43 bits per heavy atom. The maximum atomic E-state index is 12.8. The van der Waals surface area contributed by atoms with Gasteiger partial charge in [0.15, 0.2) is 11.6 Å². The molecule has 0 fully saturated rings. The zero-order valence-corrected chi connectivity index (χ0v) is 9.83. The van der Waals surface area contributed by atoms with Gasteiger partial charge < -0.3 is 14.6 Å². The van der Waals surface area contributed by atoms with Crippen LogP contribution in [0.1, 0.15) is 6.42 Å². The minimum absolute atomic E-state index is 0. The molecular weight excluding hydrogens is 198 g/mol. The molecule has 0 spiro atoms. The second-order valence-electron chi connectivity index (χ2n) is 2.40. The number of halogens is 1. The topological polar surface area (TPSA) is 49.4 Å². The number of carbonyl (C=O) groups is 1. The van der Waals surface area contributed by atoms with Crippen LogP contribution < -0.4 is 39.4 Å². The predicted octanol–water partition coefficient (Wildman–Crippen LogP) is -2.65. The smallest absolute Gasteiger partial charge is 0.550 e. The molecule has 3 nitrogen and oxygen atoms in total. The van der Waals surface area contributed by atoms with Gasteiger partial charge in [-0.15, -0.1) is 0 Å². The third kappa shape index (κ3) is 4.60. The van der Waals surface area contributed by atoms with Gasteiger partial charge in [-0.1, -0.05) is 12.1 Å². The number of carbonyl (C=O) groups excluding carboxylic acids is 1. The molecule has 1 aromatic rings. The fraction of sp³-hybridized carbons (Fsp3) is 0.222. The number of hydrogen-bond acceptors (Lipinski definition) is 3. The van der Waals surface area contributed by atoms with Crippen LogP contribution in [0.15, 0.2) is 24.3 Å². The van der Waals surface area contributed by atoms with E-state index in [1.165, 1.54) is 18.2 Å². The maximum absolute atomic E-state index is 12.8. The van der Waals surface area contributed by atoms with Crippen LogP contribution in [0.4, 0.5) is 4.39 Å². The molecule has 0 aliphatic heterocycles. The molecule has 0 aromatic heterocycles. The van der Waals surface area contributed by atoms with E-state index in [-0.39, 0.29) is 48.3 Å². The van der Waals surface area contributed by atoms with Crippen molar-refractivity contribution in [2.75, 3.05) is 6.61 Å². The summed E-state index contributed by atoms with van der Waals surface area (Å²) in [6.45, 7) is -0.0801. The summed E-state index contributed by atoms with van der Waals surface area (Å²) in [4.78, 5) is 9.99. The van der Waals surface area contributed by atoms with Crippen molar-refractivity contribution in [1.29, 1.82) is 0 Å². The molecule has 0 aliphatic carbocycles. The van der Waals surface area contributed by atoms with Gasteiger partial charge >= 0.3 is 29.6 Å². The fourth-order valence-electron chi connectivity index (χ4n) is 0.806. The second-order valence-corrected chi connectivity index (χ2v) is 2.40. The number of carboxylic acids is 1. The molecule has 0 amide bonds. The molecule has 0 aliphatic rings. The molecule has 5 heteroatoms. The Balaban J connectivity index is 0.00000169. The van der Waals surface area contributed by atoms with Crippen molar-refractivity contribution in [2.45, 2.75) is 6.42 Å². The Morgan fingerprint density at radius 2 is 2.07 bits per heavy atom. The van der Waals surface area contributed by atoms with Crippen molar-refractivity contribution >= 4 is 5.97 Å². The Bertz CT molecular complexity index is 304. The van der Waals surface area contributed by atoms with Crippen LogP contribution in [-0.2, 0) is 4.79 Å². The largest absolute Gasteiger partial charge is 1.00 e. The molecule has 0 heterocycles. The van der Waals surface area contributed by atoms with Gasteiger partial charge in [-0.3, -0.25) is 0 Å². The first-order valence-electron chi connectivity index (χ1n) is 3.77. The molecule has 1 rings (SSSR count). The van der Waals surface area contributed by atoms with Gasteiger partial charge in [-0.25, -0.2) is 4.39 Å². The molecule has 70 valence electrons. The van der Waals surface area contributed by atoms with Crippen molar-refractivity contribution in [3.05, 3.63) is 30.1 Å². The zero-order chi connectivity index (χ0) is 9.68. The van der Waals surface area contributed by atoms with Gasteiger partial charge in [0.2, 0.25) is 0 Å². The van der Waals surface area contributed by atoms with E-state index in [9.17, 15) is 14.3 Å². The predicted molar refractivity (Wildman–Crippen MR) is 41.5 cm³/mol. The summed E-state index contributed by atoms with van der Waals surface area (Å²) in [7, 11) is 0. The SMILES string of the molecule is O=C([O-])CCOc1ccccc1F.[Na+]. The molecule has 0 bridgehead atoms. The van der Waals surface area contributed by atoms with Crippen LogP contribution in [0.2, 0.25) is 0 Å². The van der Waals surface area contributed by atoms with E-state index in [4.69, 9.17) is 4.74 Å². The van der Waals surface area contributed by atoms with Crippen LogP contribution in [0.25, 0.3) is 0 Å². The quantitative estimate of drug-likeness (QED) is 0.505. The van der Waals surface area contributed by atoms with Crippen molar-refractivity contribution in [3.8, 4) is 5.75 Å². The molecule has 14 heavy (non-hydrogen) atoms. The Hall–Kier alpha value is -0.580. The van der Waals surface area contributed by atoms with Crippen LogP contribution in [0.3, 0.4) is 0 Å². The third-order valence-electron chi connectivity index (χ3n) is 1.40. The van der Waals surface area contributed by atoms with Crippen LogP contribution in [-0.4, -0.2) is 12.6 Å². The van der Waals surface area contributed by atoms with Crippen LogP contribution in [0.5, 0.6) is 5.75 Å². The summed E-state index contributed by atoms with van der Waals surface area (Å²) in [5, 5.41) is 9.99. The third-order valence-corrected chi connectivity index (χ3v) is 1.40. The average Bonchev–Trinajstić information content (AvgIpc) is 2.08. The van der Waals surface area contributed by atoms with Gasteiger partial charge in [0, 0.05) is 12.4 Å². The van der Waals surface area contributed by atoms with E-state index in [2.05, 4.69) is 0 Å². The number of rotatable bonds is 4. The molecule has 0 saturated carbocycles. The summed E-state index contributed by atoms with van der Waals surface area (Å²) in [6.07, 6.45) is -0.242. The molecule has 1 aromatic carbocycles. The summed E-state index contributed by atoms with van der Waals surface area (Å²) < 4.78 is 17.7. The molecule has 0 atom stereocenters. The van der Waals surface area contributed by atoms with Crippen molar-refractivity contribution < 1.29 is 48.6 Å². The number of carboxylic acid groups (broad SMARTS) is 1. The Kier molecular flexibility index (Phi) is 6.53. The summed E-state index contributed by atoms with van der Waals surface area (Å²) in [5.74, 6) is -1.65. The summed E-state index contributed by atoms with van der Waals surface area (Å²) in [6, 6.07) is 5.82. The van der Waals surface area contributed by atoms with Crippen molar-refractivity contribution in [2.24, 2.45) is 0 Å². The minimum Gasteiger partial charge on any atom is -0.550 e. The second kappa shape index (κ2) is 6.81. The van der Waals surface area contributed by atoms with Crippen LogP contribution >= 0.6 is 0 Å². The van der Waals surface area contributed by atoms with Crippen molar-refractivity contribution in [3.63, 3.8) is 0 Å². The van der Waals surface area contributed by atoms with E-state index >= 15 is 0 Å². The van der Waals surface area contributed by atoms with Gasteiger partial charge in [0.1, 0.15) is 0 Å². The molecule has 0 unspecified atom stereocenters. The Labute approximate surface area is 103 Å². The normalized spacial score (nSPS) is 8.93. The molecule has 0 N–H and O–H groups in total. The fourth-order valence-corrected chi connectivity index (χ4v) is 0.806. The summed E-state index contributed by atoms with van der Waals surface area (Å²) >= 11 is 0. The van der Waals surface area contributed by atoms with Crippen LogP contribution in [0, 0.1) is 5.82 Å². The number of aliphatic carboxylic acids is 1. The van der Waals surface area contributed by atoms with Gasteiger partial charge in [-0.2, -0.15) is 0 Å². The summed E-state index contributed by atoms with van der Waals surface area (Å²) in [5.41, 5.74) is 0. The number of benzene rings is 1. The first-order valence-corrected chi connectivity index (χ1v) is 3.77. The molecule has 0 saturated heterocycles. The number of hydrogen-bond donors (Lipinski definition) is 0. The van der Waals surface area contributed by atoms with E-state index in [1.807, 2.05) is 0 Å². The average molecular weight is 206 g/mol. The number of para-hydroxylation sites is 1.